The summed E-state index contributed by atoms with van der Waals surface area (Å²) >= 11 is 9.57. The molecule has 0 aromatic carbocycles. The third-order valence-electron chi connectivity index (χ3n) is 2.55. The van der Waals surface area contributed by atoms with Crippen LogP contribution in [0.4, 0.5) is 0 Å². The standard InChI is InChI=1S/C13H14BrClN2O/c1-7(2)6-9-10(14)12(15)17-13(16-9)11-8(3)4-5-18-11/h4-5,7H,6H2,1-3H3. The molecule has 5 heteroatoms. The Balaban J connectivity index is 2.51. The van der Waals surface area contributed by atoms with Crippen LogP contribution < -0.4 is 0 Å². The molecule has 0 saturated carbocycles. The van der Waals surface area contributed by atoms with Crippen molar-refractivity contribution in [3.63, 3.8) is 0 Å². The van der Waals surface area contributed by atoms with Gasteiger partial charge in [0.25, 0.3) is 0 Å². The summed E-state index contributed by atoms with van der Waals surface area (Å²) in [6, 6.07) is 1.89. The second-order valence-electron chi connectivity index (χ2n) is 4.63. The Morgan fingerprint density at radius 2 is 2.11 bits per heavy atom. The van der Waals surface area contributed by atoms with E-state index in [4.69, 9.17) is 16.0 Å². The van der Waals surface area contributed by atoms with E-state index in [0.717, 1.165) is 22.2 Å². The molecule has 0 bridgehead atoms. The minimum atomic E-state index is 0.423. The van der Waals surface area contributed by atoms with Gasteiger partial charge in [-0.15, -0.1) is 0 Å². The molecule has 0 radical (unpaired) electrons. The van der Waals surface area contributed by atoms with Crippen LogP contribution in [0.5, 0.6) is 0 Å². The van der Waals surface area contributed by atoms with Gasteiger partial charge in [-0.2, -0.15) is 0 Å². The van der Waals surface area contributed by atoms with E-state index >= 15 is 0 Å². The van der Waals surface area contributed by atoms with Gasteiger partial charge in [0.05, 0.1) is 16.4 Å². The van der Waals surface area contributed by atoms with Crippen LogP contribution in [0.3, 0.4) is 0 Å². The molecular weight excluding hydrogens is 316 g/mol. The van der Waals surface area contributed by atoms with Gasteiger partial charge >= 0.3 is 0 Å². The maximum absolute atomic E-state index is 6.13. The summed E-state index contributed by atoms with van der Waals surface area (Å²) in [5, 5.41) is 0.423. The Bertz CT molecular complexity index is 566. The first-order chi connectivity index (χ1) is 8.49. The van der Waals surface area contributed by atoms with Crippen molar-refractivity contribution in [3.05, 3.63) is 33.2 Å². The number of furan rings is 1. The van der Waals surface area contributed by atoms with Crippen molar-refractivity contribution in [2.24, 2.45) is 5.92 Å². The maximum atomic E-state index is 6.13. The minimum Gasteiger partial charge on any atom is -0.461 e. The van der Waals surface area contributed by atoms with E-state index < -0.39 is 0 Å². The van der Waals surface area contributed by atoms with E-state index in [0.29, 0.717) is 22.7 Å². The van der Waals surface area contributed by atoms with E-state index in [2.05, 4.69) is 39.7 Å². The first kappa shape index (κ1) is 13.6. The van der Waals surface area contributed by atoms with E-state index in [-0.39, 0.29) is 0 Å². The largest absolute Gasteiger partial charge is 0.461 e. The van der Waals surface area contributed by atoms with Crippen LogP contribution in [0.25, 0.3) is 11.6 Å². The molecule has 0 aliphatic rings. The van der Waals surface area contributed by atoms with E-state index in [1.165, 1.54) is 0 Å². The lowest BCUT2D eigenvalue weighted by Gasteiger charge is -2.09. The molecule has 0 amide bonds. The highest BCUT2D eigenvalue weighted by Gasteiger charge is 2.16. The summed E-state index contributed by atoms with van der Waals surface area (Å²) in [5.41, 5.74) is 1.92. The SMILES string of the molecule is Cc1ccoc1-c1nc(Cl)c(Br)c(CC(C)C)n1. The molecular formula is C13H14BrClN2O. The molecule has 0 aliphatic carbocycles. The topological polar surface area (TPSA) is 38.9 Å². The number of aryl methyl sites for hydroxylation is 1. The predicted molar refractivity (Wildman–Crippen MR) is 75.7 cm³/mol. The number of hydrogen-bond donors (Lipinski definition) is 0. The summed E-state index contributed by atoms with van der Waals surface area (Å²) < 4.78 is 6.18. The van der Waals surface area contributed by atoms with Gasteiger partial charge in [-0.3, -0.25) is 0 Å². The summed E-state index contributed by atoms with van der Waals surface area (Å²) in [4.78, 5) is 8.80. The highest BCUT2D eigenvalue weighted by molar-refractivity contribution is 9.10. The van der Waals surface area contributed by atoms with E-state index in [1.807, 2.05) is 13.0 Å². The normalized spacial score (nSPS) is 11.2. The lowest BCUT2D eigenvalue weighted by molar-refractivity contribution is 0.573. The molecule has 0 atom stereocenters. The zero-order chi connectivity index (χ0) is 13.3. The molecule has 0 saturated heterocycles. The second-order valence-corrected chi connectivity index (χ2v) is 5.78. The number of rotatable bonds is 3. The van der Waals surface area contributed by atoms with Crippen LogP contribution in [0, 0.1) is 12.8 Å². The van der Waals surface area contributed by atoms with E-state index in [9.17, 15) is 0 Å². The van der Waals surface area contributed by atoms with Gasteiger partial charge in [-0.05, 0) is 46.8 Å². The Morgan fingerprint density at radius 3 is 2.67 bits per heavy atom. The second kappa shape index (κ2) is 5.41. The van der Waals surface area contributed by atoms with Gasteiger partial charge in [-0.1, -0.05) is 25.4 Å². The number of aromatic nitrogens is 2. The van der Waals surface area contributed by atoms with Crippen LogP contribution >= 0.6 is 27.5 Å². The van der Waals surface area contributed by atoms with Gasteiger partial charge in [0.15, 0.2) is 11.6 Å². The van der Waals surface area contributed by atoms with Crippen LogP contribution in [0.15, 0.2) is 21.2 Å². The molecule has 2 rings (SSSR count). The van der Waals surface area contributed by atoms with Crippen molar-refractivity contribution in [2.45, 2.75) is 27.2 Å². The van der Waals surface area contributed by atoms with Gasteiger partial charge in [0, 0.05) is 0 Å². The van der Waals surface area contributed by atoms with Crippen molar-refractivity contribution < 1.29 is 4.42 Å². The molecule has 18 heavy (non-hydrogen) atoms. The fraction of sp³-hybridized carbons (Fsp3) is 0.385. The quantitative estimate of drug-likeness (QED) is 0.769. The fourth-order valence-electron chi connectivity index (χ4n) is 1.69. The summed E-state index contributed by atoms with van der Waals surface area (Å²) in [6.45, 7) is 6.24. The maximum Gasteiger partial charge on any atom is 0.197 e. The monoisotopic (exact) mass is 328 g/mol. The Labute approximate surface area is 120 Å². The van der Waals surface area contributed by atoms with E-state index in [1.54, 1.807) is 6.26 Å². The van der Waals surface area contributed by atoms with Crippen molar-refractivity contribution in [1.82, 2.24) is 9.97 Å². The number of hydrogen-bond acceptors (Lipinski definition) is 3. The molecule has 96 valence electrons. The molecule has 0 spiro atoms. The Hall–Kier alpha value is -0.870. The first-order valence-electron chi connectivity index (χ1n) is 5.75. The first-order valence-corrected chi connectivity index (χ1v) is 6.92. The molecule has 0 fully saturated rings. The average Bonchev–Trinajstić information content (AvgIpc) is 2.70. The molecule has 0 unspecified atom stereocenters. The van der Waals surface area contributed by atoms with Crippen LogP contribution in [-0.4, -0.2) is 9.97 Å². The van der Waals surface area contributed by atoms with Crippen molar-refractivity contribution >= 4 is 27.5 Å². The van der Waals surface area contributed by atoms with Crippen molar-refractivity contribution in [2.75, 3.05) is 0 Å². The average molecular weight is 330 g/mol. The molecule has 2 aromatic heterocycles. The fourth-order valence-corrected chi connectivity index (χ4v) is 2.22. The summed E-state index contributed by atoms with van der Waals surface area (Å²) in [5.74, 6) is 1.72. The van der Waals surface area contributed by atoms with Gasteiger partial charge in [0.1, 0.15) is 5.15 Å². The smallest absolute Gasteiger partial charge is 0.197 e. The molecule has 2 heterocycles. The van der Waals surface area contributed by atoms with Gasteiger partial charge in [-0.25, -0.2) is 9.97 Å². The third-order valence-corrected chi connectivity index (χ3v) is 3.88. The summed E-state index contributed by atoms with van der Waals surface area (Å²) in [7, 11) is 0. The van der Waals surface area contributed by atoms with Crippen molar-refractivity contribution in [1.29, 1.82) is 0 Å². The Morgan fingerprint density at radius 1 is 1.39 bits per heavy atom. The lowest BCUT2D eigenvalue weighted by atomic mass is 10.1. The highest BCUT2D eigenvalue weighted by Crippen LogP contribution is 2.29. The number of nitrogens with zero attached hydrogens (tertiary/aromatic N) is 2. The lowest BCUT2D eigenvalue weighted by Crippen LogP contribution is -2.02. The minimum absolute atomic E-state index is 0.423. The van der Waals surface area contributed by atoms with Crippen molar-refractivity contribution in [3.8, 4) is 11.6 Å². The van der Waals surface area contributed by atoms with Gasteiger partial charge in [0.2, 0.25) is 0 Å². The zero-order valence-corrected chi connectivity index (χ0v) is 12.8. The van der Waals surface area contributed by atoms with Gasteiger partial charge < -0.3 is 4.42 Å². The van der Waals surface area contributed by atoms with Crippen LogP contribution in [0.2, 0.25) is 5.15 Å². The predicted octanol–water partition coefficient (Wildman–Crippen LogP) is 4.66. The third kappa shape index (κ3) is 2.75. The zero-order valence-electron chi connectivity index (χ0n) is 10.5. The molecule has 2 aromatic rings. The molecule has 0 aliphatic heterocycles. The summed E-state index contributed by atoms with van der Waals surface area (Å²) in [6.07, 6.45) is 2.47. The molecule has 0 N–H and O–H groups in total. The highest BCUT2D eigenvalue weighted by atomic mass is 79.9. The Kier molecular flexibility index (Phi) is 4.07. The van der Waals surface area contributed by atoms with Crippen LogP contribution in [-0.2, 0) is 6.42 Å². The number of halogens is 2. The molecule has 3 nitrogen and oxygen atoms in total. The van der Waals surface area contributed by atoms with Crippen LogP contribution in [0.1, 0.15) is 25.1 Å².